The molecule has 1 unspecified atom stereocenters. The number of alkyl halides is 2. The van der Waals surface area contributed by atoms with Crippen LogP contribution in [0.15, 0.2) is 45.1 Å². The van der Waals surface area contributed by atoms with Gasteiger partial charge in [-0.2, -0.15) is 16.8 Å². The molecule has 0 radical (unpaired) electrons. The average molecular weight is 767 g/mol. The minimum atomic E-state index is -5.03. The predicted molar refractivity (Wildman–Crippen MR) is 161 cm³/mol. The van der Waals surface area contributed by atoms with Gasteiger partial charge >= 0.3 is 29.6 Å². The first-order valence-corrected chi connectivity index (χ1v) is 16.8. The van der Waals surface area contributed by atoms with E-state index in [0.29, 0.717) is 0 Å². The molecule has 12 nitrogen and oxygen atoms in total. The molecule has 0 saturated carbocycles. The fourth-order valence-corrected chi connectivity index (χ4v) is 6.91. The summed E-state index contributed by atoms with van der Waals surface area (Å²) in [7, 11) is -9.94. The summed E-state index contributed by atoms with van der Waals surface area (Å²) in [5.41, 5.74) is 4.13. The summed E-state index contributed by atoms with van der Waals surface area (Å²) in [5.74, 6) is -2.15. The zero-order valence-electron chi connectivity index (χ0n) is 23.0. The fourth-order valence-electron chi connectivity index (χ4n) is 4.91. The maximum Gasteiger partial charge on any atom is 1.00 e. The van der Waals surface area contributed by atoms with Crippen LogP contribution in [0.1, 0.15) is 48.5 Å². The van der Waals surface area contributed by atoms with Crippen LogP contribution in [0.4, 0.5) is 22.7 Å². The number of aliphatic imine (C=N–C) groups is 1. The van der Waals surface area contributed by atoms with Gasteiger partial charge in [-0.15, -0.1) is 0 Å². The van der Waals surface area contributed by atoms with Crippen LogP contribution in [0.3, 0.4) is 0 Å². The molecule has 0 amide bonds. The summed E-state index contributed by atoms with van der Waals surface area (Å²) in [6.07, 6.45) is 0. The summed E-state index contributed by atoms with van der Waals surface area (Å²) >= 11 is 6.31. The molecule has 1 atom stereocenters. The molecule has 0 spiro atoms. The number of nitrogens with one attached hydrogen (secondary N) is 1. The third-order valence-electron chi connectivity index (χ3n) is 6.76. The van der Waals surface area contributed by atoms with Gasteiger partial charge in [0.1, 0.15) is 9.79 Å². The van der Waals surface area contributed by atoms with E-state index in [1.54, 1.807) is 0 Å². The predicted octanol–water partition coefficient (Wildman–Crippen LogP) is 0.759. The minimum absolute atomic E-state index is 0. The van der Waals surface area contributed by atoms with E-state index in [9.17, 15) is 40.6 Å². The van der Waals surface area contributed by atoms with Crippen molar-refractivity contribution in [3.63, 3.8) is 0 Å². The standard InChI is InChI=1S/C26H23Br2N3O9S2.Na/c1-10-21(11(2)25(42(38,39)40)12(3)22(10)31-26(34)15(28)9-27)30-16-8-17(41(35,36)37)20(29)19-18(16)23(32)13-6-4-5-7-14(13)24(19)33;/h4-8,15,30H,9,29H2,1-3H3,(H,31,34)(H,35,36,37)(H,38,39,40);/q;+1/p-1. The molecule has 3 aromatic carbocycles. The van der Waals surface area contributed by atoms with Crippen LogP contribution in [0, 0.1) is 20.8 Å². The average Bonchev–Trinajstić information content (AvgIpc) is 2.90. The second-order valence-corrected chi connectivity index (χ2v) is 13.9. The van der Waals surface area contributed by atoms with E-state index in [-0.39, 0.29) is 85.3 Å². The van der Waals surface area contributed by atoms with Crippen molar-refractivity contribution in [2.75, 3.05) is 16.4 Å². The Bertz CT molecular complexity index is 1960. The van der Waals surface area contributed by atoms with Crippen molar-refractivity contribution >= 4 is 92.3 Å². The number of carbonyl (C=O) groups excluding carboxylic acids is 2. The van der Waals surface area contributed by atoms with E-state index >= 15 is 0 Å². The van der Waals surface area contributed by atoms with Gasteiger partial charge in [-0.1, -0.05) is 56.1 Å². The van der Waals surface area contributed by atoms with Gasteiger partial charge in [0, 0.05) is 22.1 Å². The van der Waals surface area contributed by atoms with Crippen LogP contribution in [0.25, 0.3) is 0 Å². The van der Waals surface area contributed by atoms with E-state index < -0.39 is 63.6 Å². The number of rotatable bonds is 7. The number of ketones is 2. The Morgan fingerprint density at radius 2 is 1.51 bits per heavy atom. The Balaban J connectivity index is 0.00000506. The van der Waals surface area contributed by atoms with Crippen LogP contribution >= 0.6 is 31.9 Å². The molecule has 222 valence electrons. The van der Waals surface area contributed by atoms with Crippen molar-refractivity contribution in [3.8, 4) is 0 Å². The van der Waals surface area contributed by atoms with Crippen molar-refractivity contribution in [1.82, 2.24) is 0 Å². The Labute approximate surface area is 286 Å². The normalized spacial score (nSPS) is 14.1. The van der Waals surface area contributed by atoms with E-state index in [2.05, 4.69) is 42.2 Å². The second kappa shape index (κ2) is 12.7. The van der Waals surface area contributed by atoms with Gasteiger partial charge < -0.3 is 16.2 Å². The van der Waals surface area contributed by atoms with Gasteiger partial charge in [-0.25, -0.2) is 0 Å². The Hall–Kier alpha value is -2.15. The first-order valence-electron chi connectivity index (χ1n) is 11.9. The van der Waals surface area contributed by atoms with Gasteiger partial charge in [-0.05, 0) is 49.4 Å². The number of hydrogen-bond donors (Lipinski definition) is 4. The molecule has 1 aliphatic rings. The molecular weight excluding hydrogens is 745 g/mol. The number of anilines is 3. The quantitative estimate of drug-likeness (QED) is 0.0514. The van der Waals surface area contributed by atoms with Crippen LogP contribution in [0.2, 0.25) is 0 Å². The second-order valence-electron chi connectivity index (χ2n) is 9.36. The van der Waals surface area contributed by atoms with Gasteiger partial charge in [0.05, 0.1) is 33.0 Å². The number of nitrogens with zero attached hydrogens (tertiary/aromatic N) is 1. The van der Waals surface area contributed by atoms with Crippen LogP contribution in [-0.4, -0.2) is 53.6 Å². The van der Waals surface area contributed by atoms with Crippen molar-refractivity contribution in [1.29, 1.82) is 0 Å². The minimum Gasteiger partial charge on any atom is -0.861 e. The summed E-state index contributed by atoms with van der Waals surface area (Å²) in [4.78, 5) is 29.0. The van der Waals surface area contributed by atoms with Crippen molar-refractivity contribution in [2.45, 2.75) is 35.4 Å². The Morgan fingerprint density at radius 3 is 2.00 bits per heavy atom. The Morgan fingerprint density at radius 1 is 0.977 bits per heavy atom. The number of carbonyl (C=O) groups is 2. The van der Waals surface area contributed by atoms with Gasteiger partial charge in [-0.3, -0.25) is 23.7 Å². The molecule has 4 rings (SSSR count). The molecule has 1 aliphatic carbocycles. The van der Waals surface area contributed by atoms with Crippen molar-refractivity contribution < 1.29 is 70.2 Å². The van der Waals surface area contributed by atoms with Gasteiger partial charge in [0.15, 0.2) is 11.6 Å². The molecule has 17 heteroatoms. The molecule has 5 N–H and O–H groups in total. The molecule has 0 saturated heterocycles. The number of fused-ring (bicyclic) bond motifs is 2. The number of hydrogen-bond acceptors (Lipinski definition) is 10. The zero-order chi connectivity index (χ0) is 31.5. The maximum atomic E-state index is 13.7. The SMILES string of the molecule is Cc1c(N=C([O-])C(Br)CBr)c(C)c(S(=O)(=O)O)c(C)c1Nc1cc(S(=O)(=O)O)c(N)c2c1C(=O)c1ccccc1C2=O.[Na+]. The fraction of sp³-hybridized carbons (Fsp3) is 0.192. The molecule has 43 heavy (non-hydrogen) atoms. The molecular formula is C26H22Br2N3NaO9S2. The van der Waals surface area contributed by atoms with E-state index in [4.69, 9.17) is 5.73 Å². The third kappa shape index (κ3) is 6.35. The van der Waals surface area contributed by atoms with Crippen LogP contribution in [0.5, 0.6) is 0 Å². The van der Waals surface area contributed by atoms with E-state index in [1.165, 1.54) is 45.0 Å². The smallest absolute Gasteiger partial charge is 0.861 e. The van der Waals surface area contributed by atoms with Crippen molar-refractivity contribution in [3.05, 3.63) is 69.3 Å². The number of halogens is 2. The molecule has 0 aromatic heterocycles. The van der Waals surface area contributed by atoms with Crippen LogP contribution in [-0.2, 0) is 20.2 Å². The molecule has 0 aliphatic heterocycles. The topological polar surface area (TPSA) is 216 Å². The molecule has 3 aromatic rings. The first kappa shape index (κ1) is 35.3. The largest absolute Gasteiger partial charge is 1.00 e. The zero-order valence-corrected chi connectivity index (χ0v) is 29.8. The molecule has 0 bridgehead atoms. The van der Waals surface area contributed by atoms with E-state index in [0.717, 1.165) is 6.07 Å². The number of nitrogens with two attached hydrogens (primary N) is 1. The summed E-state index contributed by atoms with van der Waals surface area (Å²) < 4.78 is 69.5. The van der Waals surface area contributed by atoms with Crippen molar-refractivity contribution in [2.24, 2.45) is 4.99 Å². The third-order valence-corrected chi connectivity index (χ3v) is 11.0. The Kier molecular flexibility index (Phi) is 10.4. The first-order chi connectivity index (χ1) is 19.4. The van der Waals surface area contributed by atoms with Gasteiger partial charge in [0.25, 0.3) is 20.2 Å². The summed E-state index contributed by atoms with van der Waals surface area (Å²) in [5, 5.41) is 15.7. The summed E-state index contributed by atoms with van der Waals surface area (Å²) in [6.45, 7) is 4.16. The molecule has 0 heterocycles. The monoisotopic (exact) mass is 765 g/mol. The van der Waals surface area contributed by atoms with Crippen LogP contribution < -0.4 is 45.7 Å². The maximum absolute atomic E-state index is 13.7. The van der Waals surface area contributed by atoms with E-state index in [1.807, 2.05) is 0 Å². The summed E-state index contributed by atoms with van der Waals surface area (Å²) in [6, 6.07) is 6.64. The number of benzene rings is 3. The van der Waals surface area contributed by atoms with Gasteiger partial charge in [0.2, 0.25) is 0 Å². The number of nitrogen functional groups attached to an aromatic ring is 1. The molecule has 0 fully saturated rings.